The summed E-state index contributed by atoms with van der Waals surface area (Å²) in [5, 5.41) is 0. The van der Waals surface area contributed by atoms with Crippen molar-refractivity contribution in [1.29, 1.82) is 0 Å². The fourth-order valence-electron chi connectivity index (χ4n) is 5.84. The molecule has 0 aromatic carbocycles. The Labute approximate surface area is 170 Å². The minimum atomic E-state index is 0.247. The molecule has 0 bridgehead atoms. The topological polar surface area (TPSA) is 13.0 Å². The highest BCUT2D eigenvalue weighted by Crippen LogP contribution is 2.40. The van der Waals surface area contributed by atoms with E-state index in [4.69, 9.17) is 0 Å². The van der Waals surface area contributed by atoms with Crippen molar-refractivity contribution >= 4 is 0 Å². The molecular formula is C23H48N4. The maximum absolute atomic E-state index is 2.62. The van der Waals surface area contributed by atoms with Crippen LogP contribution < -0.4 is 0 Å². The number of hydrogen-bond donors (Lipinski definition) is 0. The Morgan fingerprint density at radius 1 is 0.593 bits per heavy atom. The third-order valence-corrected chi connectivity index (χ3v) is 8.27. The molecule has 2 aliphatic rings. The van der Waals surface area contributed by atoms with Gasteiger partial charge in [0, 0.05) is 34.2 Å². The number of hydrogen-bond acceptors (Lipinski definition) is 4. The molecule has 2 aliphatic heterocycles. The summed E-state index contributed by atoms with van der Waals surface area (Å²) in [4.78, 5) is 10.4. The minimum Gasteiger partial charge on any atom is -0.296 e. The van der Waals surface area contributed by atoms with E-state index in [0.29, 0.717) is 12.1 Å². The van der Waals surface area contributed by atoms with Crippen LogP contribution >= 0.6 is 0 Å². The van der Waals surface area contributed by atoms with Gasteiger partial charge < -0.3 is 0 Å². The molecule has 0 aliphatic carbocycles. The van der Waals surface area contributed by atoms with Gasteiger partial charge in [0.05, 0.1) is 6.67 Å². The van der Waals surface area contributed by atoms with Crippen LogP contribution in [0, 0.1) is 0 Å². The van der Waals surface area contributed by atoms with Gasteiger partial charge in [0.2, 0.25) is 0 Å². The number of rotatable bonds is 4. The monoisotopic (exact) mass is 380 g/mol. The van der Waals surface area contributed by atoms with E-state index in [9.17, 15) is 0 Å². The van der Waals surface area contributed by atoms with Gasteiger partial charge in [0.25, 0.3) is 0 Å². The first-order valence-electron chi connectivity index (χ1n) is 10.9. The maximum atomic E-state index is 2.62. The average molecular weight is 381 g/mol. The first kappa shape index (κ1) is 23.1. The summed E-state index contributed by atoms with van der Waals surface area (Å²) in [7, 11) is 9.27. The molecule has 2 fully saturated rings. The molecule has 4 nitrogen and oxygen atoms in total. The number of piperidine rings is 2. The Morgan fingerprint density at radius 3 is 1.04 bits per heavy atom. The van der Waals surface area contributed by atoms with E-state index in [2.05, 4.69) is 103 Å². The predicted octanol–water partition coefficient (Wildman–Crippen LogP) is 4.11. The second-order valence-corrected chi connectivity index (χ2v) is 12.1. The van der Waals surface area contributed by atoms with E-state index in [1.165, 1.54) is 25.7 Å². The van der Waals surface area contributed by atoms with Gasteiger partial charge in [-0.2, -0.15) is 0 Å². The molecule has 0 atom stereocenters. The van der Waals surface area contributed by atoms with Crippen LogP contribution in [-0.4, -0.2) is 88.7 Å². The molecule has 0 aromatic rings. The Kier molecular flexibility index (Phi) is 6.22. The molecular weight excluding hydrogens is 332 g/mol. The van der Waals surface area contributed by atoms with E-state index in [-0.39, 0.29) is 22.2 Å². The molecule has 0 spiro atoms. The molecule has 2 saturated heterocycles. The maximum Gasteiger partial charge on any atom is 0.0505 e. The second-order valence-electron chi connectivity index (χ2n) is 12.1. The van der Waals surface area contributed by atoms with E-state index in [1.54, 1.807) is 0 Å². The van der Waals surface area contributed by atoms with E-state index in [0.717, 1.165) is 6.67 Å². The summed E-state index contributed by atoms with van der Waals surface area (Å²) in [6, 6.07) is 1.28. The van der Waals surface area contributed by atoms with Crippen LogP contribution in [0.25, 0.3) is 0 Å². The van der Waals surface area contributed by atoms with Gasteiger partial charge in [-0.3, -0.25) is 19.6 Å². The fourth-order valence-corrected chi connectivity index (χ4v) is 5.84. The molecule has 0 N–H and O–H groups in total. The Morgan fingerprint density at radius 2 is 0.815 bits per heavy atom. The van der Waals surface area contributed by atoms with Crippen LogP contribution in [0.2, 0.25) is 0 Å². The Bertz CT molecular complexity index is 440. The van der Waals surface area contributed by atoms with Gasteiger partial charge >= 0.3 is 0 Å². The summed E-state index contributed by atoms with van der Waals surface area (Å²) in [5.41, 5.74) is 0.987. The molecule has 0 radical (unpaired) electrons. The highest BCUT2D eigenvalue weighted by molar-refractivity contribution is 5.03. The lowest BCUT2D eigenvalue weighted by Gasteiger charge is -2.57. The Hall–Kier alpha value is -0.160. The highest BCUT2D eigenvalue weighted by atomic mass is 15.3. The fraction of sp³-hybridized carbons (Fsp3) is 1.00. The molecule has 0 unspecified atom stereocenters. The molecule has 0 aromatic heterocycles. The molecule has 160 valence electrons. The van der Waals surface area contributed by atoms with Gasteiger partial charge in [-0.1, -0.05) is 0 Å². The Balaban J connectivity index is 2.06. The van der Waals surface area contributed by atoms with Crippen molar-refractivity contribution in [3.63, 3.8) is 0 Å². The zero-order valence-corrected chi connectivity index (χ0v) is 20.5. The smallest absolute Gasteiger partial charge is 0.0505 e. The van der Waals surface area contributed by atoms with Crippen molar-refractivity contribution in [3.05, 3.63) is 0 Å². The van der Waals surface area contributed by atoms with Crippen LogP contribution in [0.5, 0.6) is 0 Å². The van der Waals surface area contributed by atoms with E-state index >= 15 is 0 Å². The van der Waals surface area contributed by atoms with Gasteiger partial charge in [0.1, 0.15) is 0 Å². The first-order valence-corrected chi connectivity index (χ1v) is 10.9. The zero-order valence-electron chi connectivity index (χ0n) is 20.5. The summed E-state index contributed by atoms with van der Waals surface area (Å²) in [6.45, 7) is 20.3. The third-order valence-electron chi connectivity index (χ3n) is 8.27. The summed E-state index contributed by atoms with van der Waals surface area (Å²) >= 11 is 0. The van der Waals surface area contributed by atoms with Crippen LogP contribution in [0.15, 0.2) is 0 Å². The quantitative estimate of drug-likeness (QED) is 0.680. The van der Waals surface area contributed by atoms with Crippen LogP contribution in [0.3, 0.4) is 0 Å². The summed E-state index contributed by atoms with van der Waals surface area (Å²) in [6.07, 6.45) is 4.95. The lowest BCUT2D eigenvalue weighted by atomic mass is 9.76. The van der Waals surface area contributed by atoms with E-state index in [1.807, 2.05) is 0 Å². The molecule has 27 heavy (non-hydrogen) atoms. The van der Waals surface area contributed by atoms with Crippen LogP contribution in [0.4, 0.5) is 0 Å². The molecule has 2 rings (SSSR count). The lowest BCUT2D eigenvalue weighted by Crippen LogP contribution is -2.64. The van der Waals surface area contributed by atoms with Gasteiger partial charge in [-0.15, -0.1) is 0 Å². The lowest BCUT2D eigenvalue weighted by molar-refractivity contribution is -0.0707. The zero-order chi connectivity index (χ0) is 21.0. The van der Waals surface area contributed by atoms with Crippen molar-refractivity contribution in [2.45, 2.75) is 115 Å². The normalized spacial score (nSPS) is 29.6. The number of likely N-dealkylation sites (tertiary alicyclic amines) is 2. The minimum absolute atomic E-state index is 0.247. The number of nitrogens with zero attached hydrogens (tertiary/aromatic N) is 4. The van der Waals surface area contributed by atoms with Gasteiger partial charge in [0.15, 0.2) is 0 Å². The van der Waals surface area contributed by atoms with Crippen LogP contribution in [0.1, 0.15) is 81.1 Å². The standard InChI is InChI=1S/C23H48N4/c1-20(2)13-18(14-21(3,4)26(20)11)24(9)17-25(10)19-15-22(5,6)27(12)23(7,8)16-19/h18-19H,13-17H2,1-12H3. The van der Waals surface area contributed by atoms with Crippen LogP contribution in [-0.2, 0) is 0 Å². The van der Waals surface area contributed by atoms with Gasteiger partial charge in [-0.25, -0.2) is 0 Å². The van der Waals surface area contributed by atoms with Crippen molar-refractivity contribution < 1.29 is 0 Å². The SMILES string of the molecule is CN(CN(C)C1CC(C)(C)N(C)C(C)(C)C1)C1CC(C)(C)N(C)C(C)(C)C1. The molecule has 4 heteroatoms. The highest BCUT2D eigenvalue weighted by Gasteiger charge is 2.46. The molecule has 2 heterocycles. The summed E-state index contributed by atoms with van der Waals surface area (Å²) < 4.78 is 0. The molecule has 0 amide bonds. The second kappa shape index (κ2) is 7.27. The molecule has 0 saturated carbocycles. The predicted molar refractivity (Wildman–Crippen MR) is 118 cm³/mol. The third kappa shape index (κ3) is 4.71. The van der Waals surface area contributed by atoms with Crippen molar-refractivity contribution in [2.75, 3.05) is 34.9 Å². The van der Waals surface area contributed by atoms with Gasteiger partial charge in [-0.05, 0) is 109 Å². The summed E-state index contributed by atoms with van der Waals surface area (Å²) in [5.74, 6) is 0. The van der Waals surface area contributed by atoms with Crippen molar-refractivity contribution in [1.82, 2.24) is 19.6 Å². The first-order chi connectivity index (χ1) is 12.0. The largest absolute Gasteiger partial charge is 0.296 e. The van der Waals surface area contributed by atoms with Crippen molar-refractivity contribution in [3.8, 4) is 0 Å². The van der Waals surface area contributed by atoms with E-state index < -0.39 is 0 Å². The average Bonchev–Trinajstić information content (AvgIpc) is 2.48. The van der Waals surface area contributed by atoms with Crippen molar-refractivity contribution in [2.24, 2.45) is 0 Å².